The Labute approximate surface area is 217 Å². The molecule has 2 aromatic carbocycles. The second-order valence-electron chi connectivity index (χ2n) is 7.79. The van der Waals surface area contributed by atoms with Crippen LogP contribution in [0.5, 0.6) is 11.5 Å². The molecule has 0 unspecified atom stereocenters. The van der Waals surface area contributed by atoms with Crippen LogP contribution in [0.4, 0.5) is 0 Å². The Morgan fingerprint density at radius 2 is 1.78 bits per heavy atom. The highest BCUT2D eigenvalue weighted by molar-refractivity contribution is 7.89. The van der Waals surface area contributed by atoms with Gasteiger partial charge >= 0.3 is 5.97 Å². The van der Waals surface area contributed by atoms with Gasteiger partial charge in [-0.05, 0) is 31.2 Å². The predicted octanol–water partition coefficient (Wildman–Crippen LogP) is 3.10. The van der Waals surface area contributed by atoms with E-state index in [-0.39, 0.29) is 48.3 Å². The Hall–Kier alpha value is -3.74. The van der Waals surface area contributed by atoms with Crippen molar-refractivity contribution < 1.29 is 32.2 Å². The molecule has 0 bridgehead atoms. The Morgan fingerprint density at radius 3 is 2.41 bits per heavy atom. The molecule has 0 spiro atoms. The third-order valence-corrected chi connectivity index (χ3v) is 8.26. The number of hydrogen-bond donors (Lipinski definition) is 0. The molecule has 0 aliphatic carbocycles. The van der Waals surface area contributed by atoms with Crippen LogP contribution in [-0.2, 0) is 26.1 Å². The van der Waals surface area contributed by atoms with E-state index in [9.17, 15) is 18.0 Å². The maximum Gasteiger partial charge on any atom is 0.326 e. The summed E-state index contributed by atoms with van der Waals surface area (Å²) in [5.74, 6) is 0.0160. The number of amides is 1. The van der Waals surface area contributed by atoms with Gasteiger partial charge in [-0.3, -0.25) is 9.59 Å². The molecule has 0 saturated heterocycles. The maximum absolute atomic E-state index is 13.0. The van der Waals surface area contributed by atoms with Crippen molar-refractivity contribution in [3.63, 3.8) is 0 Å². The van der Waals surface area contributed by atoms with Gasteiger partial charge in [0.05, 0.1) is 21.7 Å². The molecule has 1 amide bonds. The molecular weight excluding hydrogens is 518 g/mol. The fraction of sp³-hybridized carbons (Fsp3) is 0.240. The number of aromatic nitrogens is 1. The number of fused-ring (bicyclic) bond motifs is 2. The van der Waals surface area contributed by atoms with Gasteiger partial charge in [0.15, 0.2) is 16.3 Å². The molecule has 4 rings (SSSR count). The van der Waals surface area contributed by atoms with E-state index in [1.165, 1.54) is 52.1 Å². The van der Waals surface area contributed by atoms with Crippen molar-refractivity contribution in [2.45, 2.75) is 18.4 Å². The van der Waals surface area contributed by atoms with Gasteiger partial charge in [0, 0.05) is 30.8 Å². The number of thiazole rings is 1. The van der Waals surface area contributed by atoms with Gasteiger partial charge < -0.3 is 18.8 Å². The van der Waals surface area contributed by atoms with Crippen LogP contribution in [0, 0.1) is 0 Å². The lowest BCUT2D eigenvalue weighted by Gasteiger charge is -2.19. The Morgan fingerprint density at radius 1 is 1.14 bits per heavy atom. The van der Waals surface area contributed by atoms with Crippen LogP contribution < -0.4 is 14.3 Å². The number of sulfonamides is 1. The first-order chi connectivity index (χ1) is 17.8. The van der Waals surface area contributed by atoms with Crippen LogP contribution in [0.15, 0.2) is 71.6 Å². The summed E-state index contributed by atoms with van der Waals surface area (Å²) in [7, 11) is -3.80. The average molecular weight is 544 g/mol. The SMILES string of the molecule is C=CCN(CC=C)S(=O)(=O)c1ccc(C(=O)N=c2sc3cc4c(cc3n2CC(=O)OCC)OCO4)cc1. The van der Waals surface area contributed by atoms with Crippen LogP contribution in [0.1, 0.15) is 17.3 Å². The van der Waals surface area contributed by atoms with Gasteiger partial charge in [0.25, 0.3) is 5.91 Å². The number of carbonyl (C=O) groups is 2. The number of esters is 1. The topological polar surface area (TPSA) is 117 Å². The minimum absolute atomic E-state index is 0.0292. The van der Waals surface area contributed by atoms with Crippen molar-refractivity contribution in [2.24, 2.45) is 4.99 Å². The van der Waals surface area contributed by atoms with Crippen LogP contribution in [-0.4, -0.2) is 55.7 Å². The summed E-state index contributed by atoms with van der Waals surface area (Å²) in [6.07, 6.45) is 2.97. The number of rotatable bonds is 10. The molecule has 0 fully saturated rings. The molecule has 3 aromatic rings. The fourth-order valence-electron chi connectivity index (χ4n) is 3.66. The lowest BCUT2D eigenvalue weighted by molar-refractivity contribution is -0.143. The van der Waals surface area contributed by atoms with Crippen molar-refractivity contribution in [1.29, 1.82) is 0 Å². The van der Waals surface area contributed by atoms with Gasteiger partial charge in [-0.1, -0.05) is 23.5 Å². The summed E-state index contributed by atoms with van der Waals surface area (Å²) in [5, 5.41) is 0. The lowest BCUT2D eigenvalue weighted by atomic mass is 10.2. The molecule has 0 radical (unpaired) electrons. The van der Waals surface area contributed by atoms with Crippen LogP contribution >= 0.6 is 11.3 Å². The molecule has 0 atom stereocenters. The van der Waals surface area contributed by atoms with E-state index in [1.54, 1.807) is 23.6 Å². The molecule has 2 heterocycles. The van der Waals surface area contributed by atoms with Crippen molar-refractivity contribution in [1.82, 2.24) is 8.87 Å². The van der Waals surface area contributed by atoms with Crippen molar-refractivity contribution >= 4 is 43.5 Å². The normalized spacial score (nSPS) is 13.2. The van der Waals surface area contributed by atoms with E-state index < -0.39 is 21.9 Å². The summed E-state index contributed by atoms with van der Waals surface area (Å²) in [6.45, 7) is 9.30. The summed E-state index contributed by atoms with van der Waals surface area (Å²) in [5.41, 5.74) is 0.826. The van der Waals surface area contributed by atoms with Crippen molar-refractivity contribution in [3.05, 3.63) is 72.1 Å². The molecule has 0 N–H and O–H groups in total. The molecule has 194 valence electrons. The second-order valence-corrected chi connectivity index (χ2v) is 10.7. The van der Waals surface area contributed by atoms with E-state index in [2.05, 4.69) is 18.2 Å². The van der Waals surface area contributed by atoms with Crippen molar-refractivity contribution in [2.75, 3.05) is 26.5 Å². The molecule has 1 aromatic heterocycles. The average Bonchev–Trinajstić information content (AvgIpc) is 3.46. The number of carbonyl (C=O) groups excluding carboxylic acids is 2. The van der Waals surface area contributed by atoms with Gasteiger partial charge in [-0.25, -0.2) is 8.42 Å². The van der Waals surface area contributed by atoms with Gasteiger partial charge in [-0.2, -0.15) is 9.30 Å². The Balaban J connectivity index is 1.70. The number of nitrogens with zero attached hydrogens (tertiary/aromatic N) is 3. The first-order valence-corrected chi connectivity index (χ1v) is 13.5. The molecular formula is C25H25N3O7S2. The van der Waals surface area contributed by atoms with E-state index in [4.69, 9.17) is 14.2 Å². The summed E-state index contributed by atoms with van der Waals surface area (Å²) in [4.78, 5) is 29.9. The monoisotopic (exact) mass is 543 g/mol. The van der Waals surface area contributed by atoms with Crippen LogP contribution in [0.25, 0.3) is 10.2 Å². The van der Waals surface area contributed by atoms with Gasteiger partial charge in [0.2, 0.25) is 16.8 Å². The smallest absolute Gasteiger partial charge is 0.326 e. The van der Waals surface area contributed by atoms with E-state index >= 15 is 0 Å². The molecule has 37 heavy (non-hydrogen) atoms. The minimum Gasteiger partial charge on any atom is -0.465 e. The molecule has 10 nitrogen and oxygen atoms in total. The van der Waals surface area contributed by atoms with Crippen molar-refractivity contribution in [3.8, 4) is 11.5 Å². The maximum atomic E-state index is 13.0. The van der Waals surface area contributed by atoms with Gasteiger partial charge in [0.1, 0.15) is 6.54 Å². The number of benzene rings is 2. The third-order valence-electron chi connectivity index (χ3n) is 5.37. The highest BCUT2D eigenvalue weighted by Crippen LogP contribution is 2.37. The zero-order chi connectivity index (χ0) is 26.6. The zero-order valence-corrected chi connectivity index (χ0v) is 21.7. The Kier molecular flexibility index (Phi) is 7.91. The lowest BCUT2D eigenvalue weighted by Crippen LogP contribution is -2.31. The molecule has 1 aliphatic heterocycles. The summed E-state index contributed by atoms with van der Waals surface area (Å²) in [6, 6.07) is 9.01. The molecule has 0 saturated carbocycles. The fourth-order valence-corrected chi connectivity index (χ4v) is 6.08. The first kappa shape index (κ1) is 26.3. The summed E-state index contributed by atoms with van der Waals surface area (Å²) < 4.78 is 45.4. The quantitative estimate of drug-likeness (QED) is 0.285. The first-order valence-electron chi connectivity index (χ1n) is 11.3. The highest BCUT2D eigenvalue weighted by Gasteiger charge is 2.23. The zero-order valence-electron chi connectivity index (χ0n) is 20.1. The second kappa shape index (κ2) is 11.1. The van der Waals surface area contributed by atoms with E-state index in [1.807, 2.05) is 0 Å². The largest absolute Gasteiger partial charge is 0.465 e. The number of ether oxygens (including phenoxy) is 3. The van der Waals surface area contributed by atoms with Crippen LogP contribution in [0.3, 0.4) is 0 Å². The van der Waals surface area contributed by atoms with Gasteiger partial charge in [-0.15, -0.1) is 13.2 Å². The minimum atomic E-state index is -3.80. The molecule has 12 heteroatoms. The van der Waals surface area contributed by atoms with Crippen LogP contribution in [0.2, 0.25) is 0 Å². The summed E-state index contributed by atoms with van der Waals surface area (Å²) >= 11 is 1.21. The molecule has 1 aliphatic rings. The standard InChI is InChI=1S/C25H25N3O7S2/c1-4-11-27(12-5-2)37(31,32)18-9-7-17(8-10-18)24(30)26-25-28(15-23(29)33-6-3)19-13-20-21(35-16-34-20)14-22(19)36-25/h4-5,7-10,13-14H,1-2,6,11-12,15-16H2,3H3. The predicted molar refractivity (Wildman–Crippen MR) is 138 cm³/mol. The van der Waals surface area contributed by atoms with E-state index in [0.29, 0.717) is 17.0 Å². The highest BCUT2D eigenvalue weighted by atomic mass is 32.2. The Bertz CT molecular complexity index is 1530. The third kappa shape index (κ3) is 5.50. The van der Waals surface area contributed by atoms with E-state index in [0.717, 1.165) is 4.70 Å². The number of hydrogen-bond acceptors (Lipinski definition) is 8.